The summed E-state index contributed by atoms with van der Waals surface area (Å²) >= 11 is 0. The molecule has 2 aromatic rings. The van der Waals surface area contributed by atoms with Gasteiger partial charge in [-0.15, -0.1) is 0 Å². The van der Waals surface area contributed by atoms with E-state index in [-0.39, 0.29) is 12.7 Å². The summed E-state index contributed by atoms with van der Waals surface area (Å²) in [5.41, 5.74) is 3.29. The first-order valence-corrected chi connectivity index (χ1v) is 11.5. The second-order valence-corrected chi connectivity index (χ2v) is 8.64. The molecule has 0 amide bonds. The van der Waals surface area contributed by atoms with E-state index in [1.807, 2.05) is 30.3 Å². The number of carboxylic acids is 1. The van der Waals surface area contributed by atoms with Crippen LogP contribution in [0.15, 0.2) is 42.5 Å². The van der Waals surface area contributed by atoms with Gasteiger partial charge in [-0.3, -0.25) is 4.79 Å². The van der Waals surface area contributed by atoms with Gasteiger partial charge in [0.2, 0.25) is 0 Å². The number of likely N-dealkylation sites (tertiary alicyclic amines) is 1. The van der Waals surface area contributed by atoms with E-state index in [9.17, 15) is 9.90 Å². The molecule has 166 valence electrons. The van der Waals surface area contributed by atoms with Crippen molar-refractivity contribution in [3.63, 3.8) is 0 Å². The molecule has 2 aliphatic heterocycles. The first-order chi connectivity index (χ1) is 15.2. The summed E-state index contributed by atoms with van der Waals surface area (Å²) < 4.78 is 6.07. The average Bonchev–Trinajstić information content (AvgIpc) is 2.80. The number of nitrogens with zero attached hydrogens (tertiary/aromatic N) is 2. The standard InChI is InChI=1S/C25H33N3O3/c29-25(30)23(19-7-2-1-3-8-19)18-31-22-11-6-16-28(17-22)15-5-10-21-13-12-20-9-4-14-26-24(20)27-21/h1-3,7-8,12-13,22-23H,4-6,9-11,14-18H2,(H,26,27)(H,29,30). The molecule has 1 fully saturated rings. The Morgan fingerprint density at radius 3 is 2.94 bits per heavy atom. The van der Waals surface area contributed by atoms with Gasteiger partial charge in [0.05, 0.1) is 12.7 Å². The molecule has 3 heterocycles. The van der Waals surface area contributed by atoms with Gasteiger partial charge in [0, 0.05) is 18.8 Å². The van der Waals surface area contributed by atoms with Crippen LogP contribution in [0.2, 0.25) is 0 Å². The van der Waals surface area contributed by atoms with Crippen LogP contribution in [0.5, 0.6) is 0 Å². The predicted octanol–water partition coefficient (Wildman–Crippen LogP) is 3.72. The van der Waals surface area contributed by atoms with Crippen LogP contribution in [0.3, 0.4) is 0 Å². The van der Waals surface area contributed by atoms with Gasteiger partial charge in [0.1, 0.15) is 11.7 Å². The summed E-state index contributed by atoms with van der Waals surface area (Å²) in [6.07, 6.45) is 6.55. The van der Waals surface area contributed by atoms with E-state index in [4.69, 9.17) is 9.72 Å². The molecular weight excluding hydrogens is 390 g/mol. The quantitative estimate of drug-likeness (QED) is 0.640. The van der Waals surface area contributed by atoms with Crippen molar-refractivity contribution in [2.24, 2.45) is 0 Å². The van der Waals surface area contributed by atoms with E-state index in [0.717, 1.165) is 75.4 Å². The number of aliphatic carboxylic acids is 1. The summed E-state index contributed by atoms with van der Waals surface area (Å²) in [5, 5.41) is 13.0. The minimum absolute atomic E-state index is 0.102. The van der Waals surface area contributed by atoms with Crippen LogP contribution >= 0.6 is 0 Å². The summed E-state index contributed by atoms with van der Waals surface area (Å²) in [7, 11) is 0. The fraction of sp³-hybridized carbons (Fsp3) is 0.520. The number of pyridine rings is 1. The number of piperidine rings is 1. The zero-order chi connectivity index (χ0) is 21.5. The summed E-state index contributed by atoms with van der Waals surface area (Å²) in [6, 6.07) is 13.8. The average molecular weight is 424 g/mol. The Bertz CT molecular complexity index is 858. The third-order valence-electron chi connectivity index (χ3n) is 6.32. The molecule has 0 bridgehead atoms. The van der Waals surface area contributed by atoms with E-state index in [0.29, 0.717) is 0 Å². The van der Waals surface area contributed by atoms with E-state index >= 15 is 0 Å². The van der Waals surface area contributed by atoms with Gasteiger partial charge in [-0.1, -0.05) is 36.4 Å². The van der Waals surface area contributed by atoms with Gasteiger partial charge in [-0.05, 0) is 68.8 Å². The van der Waals surface area contributed by atoms with Gasteiger partial charge >= 0.3 is 5.97 Å². The van der Waals surface area contributed by atoms with Gasteiger partial charge in [-0.25, -0.2) is 4.98 Å². The third kappa shape index (κ3) is 6.05. The van der Waals surface area contributed by atoms with E-state index < -0.39 is 11.9 Å². The summed E-state index contributed by atoms with van der Waals surface area (Å²) in [5.74, 6) is -0.368. The van der Waals surface area contributed by atoms with E-state index in [2.05, 4.69) is 22.3 Å². The number of aryl methyl sites for hydroxylation is 2. The predicted molar refractivity (Wildman–Crippen MR) is 122 cm³/mol. The van der Waals surface area contributed by atoms with Crippen molar-refractivity contribution >= 4 is 11.8 Å². The number of anilines is 1. The highest BCUT2D eigenvalue weighted by molar-refractivity contribution is 5.76. The molecule has 2 atom stereocenters. The lowest BCUT2D eigenvalue weighted by molar-refractivity contribution is -0.141. The van der Waals surface area contributed by atoms with Gasteiger partial charge in [0.25, 0.3) is 0 Å². The molecule has 2 N–H and O–H groups in total. The number of nitrogens with one attached hydrogen (secondary N) is 1. The van der Waals surface area contributed by atoms with Crippen LogP contribution in [-0.2, 0) is 22.4 Å². The molecule has 2 unspecified atom stereocenters. The maximum atomic E-state index is 11.7. The largest absolute Gasteiger partial charge is 0.481 e. The van der Waals surface area contributed by atoms with Crippen molar-refractivity contribution in [3.8, 4) is 0 Å². The molecule has 0 aliphatic carbocycles. The maximum Gasteiger partial charge on any atom is 0.313 e. The highest BCUT2D eigenvalue weighted by atomic mass is 16.5. The van der Waals surface area contributed by atoms with Crippen LogP contribution in [0, 0.1) is 0 Å². The molecule has 31 heavy (non-hydrogen) atoms. The summed E-state index contributed by atoms with van der Waals surface area (Å²) in [6.45, 7) is 4.23. The zero-order valence-corrected chi connectivity index (χ0v) is 18.1. The Labute approximate surface area is 184 Å². The number of aromatic nitrogens is 1. The summed E-state index contributed by atoms with van der Waals surface area (Å²) in [4.78, 5) is 18.9. The second kappa shape index (κ2) is 10.7. The Morgan fingerprint density at radius 2 is 2.10 bits per heavy atom. The molecule has 2 aliphatic rings. The highest BCUT2D eigenvalue weighted by Gasteiger charge is 2.25. The number of hydrogen-bond donors (Lipinski definition) is 2. The number of hydrogen-bond acceptors (Lipinski definition) is 5. The minimum Gasteiger partial charge on any atom is -0.481 e. The number of benzene rings is 1. The minimum atomic E-state index is -0.828. The normalized spacial score (nSPS) is 19.9. The van der Waals surface area contributed by atoms with E-state index in [1.165, 1.54) is 12.0 Å². The number of fused-ring (bicyclic) bond motifs is 1. The highest BCUT2D eigenvalue weighted by Crippen LogP contribution is 2.22. The SMILES string of the molecule is O=C(O)C(COC1CCCN(CCCc2ccc3c(n2)NCCC3)C1)c1ccccc1. The van der Waals surface area contributed by atoms with Gasteiger partial charge < -0.3 is 20.1 Å². The lowest BCUT2D eigenvalue weighted by Gasteiger charge is -2.33. The molecule has 4 rings (SSSR count). The fourth-order valence-corrected chi connectivity index (χ4v) is 4.57. The number of ether oxygens (including phenoxy) is 1. The maximum absolute atomic E-state index is 11.7. The second-order valence-electron chi connectivity index (χ2n) is 8.64. The molecule has 0 radical (unpaired) electrons. The van der Waals surface area contributed by atoms with Crippen LogP contribution in [0.25, 0.3) is 0 Å². The Hall–Kier alpha value is -2.44. The molecule has 6 heteroatoms. The van der Waals surface area contributed by atoms with Crippen molar-refractivity contribution in [3.05, 3.63) is 59.3 Å². The molecule has 1 saturated heterocycles. The van der Waals surface area contributed by atoms with Crippen LogP contribution in [-0.4, -0.2) is 59.8 Å². The monoisotopic (exact) mass is 423 g/mol. The topological polar surface area (TPSA) is 74.7 Å². The third-order valence-corrected chi connectivity index (χ3v) is 6.32. The van der Waals surface area contributed by atoms with Gasteiger partial charge in [0.15, 0.2) is 0 Å². The van der Waals surface area contributed by atoms with Crippen molar-refractivity contribution in [2.75, 3.05) is 38.1 Å². The molecule has 1 aromatic heterocycles. The Kier molecular flexibility index (Phi) is 7.54. The number of carbonyl (C=O) groups is 1. The number of carboxylic acid groups (broad SMARTS) is 1. The van der Waals surface area contributed by atoms with Crippen LogP contribution in [0.4, 0.5) is 5.82 Å². The van der Waals surface area contributed by atoms with Gasteiger partial charge in [-0.2, -0.15) is 0 Å². The van der Waals surface area contributed by atoms with Crippen molar-refractivity contribution in [2.45, 2.75) is 50.5 Å². The van der Waals surface area contributed by atoms with Crippen molar-refractivity contribution in [1.29, 1.82) is 0 Å². The van der Waals surface area contributed by atoms with Crippen LogP contribution in [0.1, 0.15) is 48.4 Å². The molecule has 1 aromatic carbocycles. The fourth-order valence-electron chi connectivity index (χ4n) is 4.57. The Morgan fingerprint density at radius 1 is 1.23 bits per heavy atom. The smallest absolute Gasteiger partial charge is 0.313 e. The van der Waals surface area contributed by atoms with Crippen LogP contribution < -0.4 is 5.32 Å². The lowest BCUT2D eigenvalue weighted by Crippen LogP contribution is -2.41. The zero-order valence-electron chi connectivity index (χ0n) is 18.1. The first kappa shape index (κ1) is 21.8. The van der Waals surface area contributed by atoms with E-state index in [1.54, 1.807) is 0 Å². The molecule has 0 spiro atoms. The molecule has 6 nitrogen and oxygen atoms in total. The van der Waals surface area contributed by atoms with Crippen molar-refractivity contribution < 1.29 is 14.6 Å². The molecule has 0 saturated carbocycles. The number of rotatable bonds is 9. The molecular formula is C25H33N3O3. The van der Waals surface area contributed by atoms with Crippen molar-refractivity contribution in [1.82, 2.24) is 9.88 Å². The lowest BCUT2D eigenvalue weighted by atomic mass is 10.00. The first-order valence-electron chi connectivity index (χ1n) is 11.5. The Balaban J connectivity index is 1.23.